The molecule has 2 nitrogen and oxygen atoms in total. The van der Waals surface area contributed by atoms with E-state index in [9.17, 15) is 4.80 Å². The molecule has 62 valence electrons. The molecule has 0 fully saturated rings. The highest BCUT2D eigenvalue weighted by atomic mass is 28.4. The van der Waals surface area contributed by atoms with E-state index in [1.165, 1.54) is 0 Å². The summed E-state index contributed by atoms with van der Waals surface area (Å²) in [5.74, 6) is 0. The molecule has 0 amide bonds. The number of rotatable bonds is 4. The van der Waals surface area contributed by atoms with Gasteiger partial charge < -0.3 is 10.1 Å². The fraction of sp³-hybridized carbons (Fsp3) is 1.00. The Bertz CT molecular complexity index is 90.1. The summed E-state index contributed by atoms with van der Waals surface area (Å²) >= 11 is 0. The smallest absolute Gasteiger partial charge is 0.199 e. The lowest BCUT2D eigenvalue weighted by Crippen LogP contribution is -2.50. The van der Waals surface area contributed by atoms with Crippen molar-refractivity contribution in [1.82, 2.24) is 5.32 Å². The van der Waals surface area contributed by atoms with Gasteiger partial charge in [0.25, 0.3) is 0 Å². The van der Waals surface area contributed by atoms with Crippen LogP contribution in [0.4, 0.5) is 0 Å². The lowest BCUT2D eigenvalue weighted by atomic mass is 10.5. The fourth-order valence-electron chi connectivity index (χ4n) is 1.14. The van der Waals surface area contributed by atoms with Gasteiger partial charge in [-0.25, -0.2) is 0 Å². The molecule has 1 atom stereocenters. The van der Waals surface area contributed by atoms with Crippen LogP contribution < -0.4 is 5.32 Å². The summed E-state index contributed by atoms with van der Waals surface area (Å²) in [4.78, 5) is 9.68. The lowest BCUT2D eigenvalue weighted by Gasteiger charge is -2.26. The standard InChI is InChI=1S/C7H19NOSi/c1-5-7(8-6-2)10(3,4)9/h7-9H,5-6H2,1-4H3. The van der Waals surface area contributed by atoms with Gasteiger partial charge in [0.05, 0.1) is 0 Å². The second kappa shape index (κ2) is 4.11. The first-order valence-corrected chi connectivity index (χ1v) is 7.00. The molecule has 0 aromatic rings. The Balaban J connectivity index is 3.81. The summed E-state index contributed by atoms with van der Waals surface area (Å²) in [5, 5.41) is 3.28. The van der Waals surface area contributed by atoms with Crippen molar-refractivity contribution < 1.29 is 4.80 Å². The SMILES string of the molecule is CCNC(CC)[Si](C)(C)O. The highest BCUT2D eigenvalue weighted by Crippen LogP contribution is 2.06. The Morgan fingerprint density at radius 2 is 1.90 bits per heavy atom. The summed E-state index contributed by atoms with van der Waals surface area (Å²) < 4.78 is 0. The van der Waals surface area contributed by atoms with Gasteiger partial charge in [-0.3, -0.25) is 0 Å². The molecule has 0 radical (unpaired) electrons. The molecule has 0 heterocycles. The van der Waals surface area contributed by atoms with Crippen LogP contribution in [0, 0.1) is 0 Å². The zero-order chi connectivity index (χ0) is 8.20. The third-order valence-electron chi connectivity index (χ3n) is 1.71. The summed E-state index contributed by atoms with van der Waals surface area (Å²) in [6.45, 7) is 9.09. The summed E-state index contributed by atoms with van der Waals surface area (Å²) in [7, 11) is -1.92. The predicted octanol–water partition coefficient (Wildman–Crippen LogP) is 1.11. The Morgan fingerprint density at radius 1 is 1.40 bits per heavy atom. The van der Waals surface area contributed by atoms with E-state index in [0.717, 1.165) is 13.0 Å². The molecule has 2 N–H and O–H groups in total. The van der Waals surface area contributed by atoms with Gasteiger partial charge in [0, 0.05) is 5.67 Å². The van der Waals surface area contributed by atoms with Crippen molar-refractivity contribution in [2.75, 3.05) is 6.54 Å². The normalized spacial score (nSPS) is 15.3. The van der Waals surface area contributed by atoms with Crippen molar-refractivity contribution in [3.8, 4) is 0 Å². The Labute approximate surface area is 64.8 Å². The Hall–Kier alpha value is 0.137. The summed E-state index contributed by atoms with van der Waals surface area (Å²) in [5.41, 5.74) is 0.359. The maximum absolute atomic E-state index is 9.68. The third-order valence-corrected chi connectivity index (χ3v) is 4.03. The largest absolute Gasteiger partial charge is 0.431 e. The van der Waals surface area contributed by atoms with Crippen LogP contribution in [-0.4, -0.2) is 25.3 Å². The van der Waals surface area contributed by atoms with Crippen molar-refractivity contribution in [3.63, 3.8) is 0 Å². The van der Waals surface area contributed by atoms with Crippen LogP contribution in [0.25, 0.3) is 0 Å². The zero-order valence-corrected chi connectivity index (χ0v) is 8.44. The molecule has 0 saturated carbocycles. The van der Waals surface area contributed by atoms with E-state index in [2.05, 4.69) is 19.2 Å². The van der Waals surface area contributed by atoms with Crippen LogP contribution in [-0.2, 0) is 0 Å². The molecule has 0 spiro atoms. The quantitative estimate of drug-likeness (QED) is 0.605. The second-order valence-electron chi connectivity index (χ2n) is 3.17. The highest BCUT2D eigenvalue weighted by molar-refractivity contribution is 6.71. The van der Waals surface area contributed by atoms with Crippen molar-refractivity contribution >= 4 is 8.32 Å². The van der Waals surface area contributed by atoms with E-state index in [-0.39, 0.29) is 0 Å². The van der Waals surface area contributed by atoms with Gasteiger partial charge in [0.2, 0.25) is 0 Å². The minimum absolute atomic E-state index is 0.359. The predicted molar refractivity (Wildman–Crippen MR) is 47.5 cm³/mol. The van der Waals surface area contributed by atoms with E-state index in [1.54, 1.807) is 0 Å². The molecule has 0 aliphatic heterocycles. The van der Waals surface area contributed by atoms with Crippen molar-refractivity contribution in [2.24, 2.45) is 0 Å². The van der Waals surface area contributed by atoms with Crippen LogP contribution in [0.2, 0.25) is 13.1 Å². The van der Waals surface area contributed by atoms with E-state index < -0.39 is 8.32 Å². The van der Waals surface area contributed by atoms with E-state index >= 15 is 0 Å². The molecule has 10 heavy (non-hydrogen) atoms. The van der Waals surface area contributed by atoms with Crippen LogP contribution in [0.1, 0.15) is 20.3 Å². The van der Waals surface area contributed by atoms with Gasteiger partial charge in [-0.15, -0.1) is 0 Å². The van der Waals surface area contributed by atoms with Crippen molar-refractivity contribution in [1.29, 1.82) is 0 Å². The Kier molecular flexibility index (Phi) is 4.16. The summed E-state index contributed by atoms with van der Waals surface area (Å²) in [6.07, 6.45) is 1.03. The van der Waals surface area contributed by atoms with Crippen LogP contribution >= 0.6 is 0 Å². The fourth-order valence-corrected chi connectivity index (χ4v) is 2.84. The van der Waals surface area contributed by atoms with Gasteiger partial charge in [-0.1, -0.05) is 13.8 Å². The average Bonchev–Trinajstić information content (AvgIpc) is 1.80. The Morgan fingerprint density at radius 3 is 2.00 bits per heavy atom. The minimum atomic E-state index is -1.92. The molecule has 0 bridgehead atoms. The number of nitrogens with one attached hydrogen (secondary N) is 1. The molecule has 0 aliphatic rings. The van der Waals surface area contributed by atoms with E-state index in [1.807, 2.05) is 13.1 Å². The van der Waals surface area contributed by atoms with Gasteiger partial charge >= 0.3 is 0 Å². The molecule has 3 heteroatoms. The minimum Gasteiger partial charge on any atom is -0.431 e. The van der Waals surface area contributed by atoms with Crippen molar-refractivity contribution in [3.05, 3.63) is 0 Å². The van der Waals surface area contributed by atoms with Gasteiger partial charge in [-0.05, 0) is 26.1 Å². The van der Waals surface area contributed by atoms with E-state index in [0.29, 0.717) is 5.67 Å². The first kappa shape index (κ1) is 10.1. The molecule has 0 saturated heterocycles. The monoisotopic (exact) mass is 161 g/mol. The lowest BCUT2D eigenvalue weighted by molar-refractivity contribution is 0.485. The van der Waals surface area contributed by atoms with Gasteiger partial charge in [-0.2, -0.15) is 0 Å². The molecule has 1 unspecified atom stereocenters. The maximum atomic E-state index is 9.68. The van der Waals surface area contributed by atoms with Gasteiger partial charge in [0.15, 0.2) is 8.32 Å². The third kappa shape index (κ3) is 3.34. The van der Waals surface area contributed by atoms with Crippen LogP contribution in [0.3, 0.4) is 0 Å². The highest BCUT2D eigenvalue weighted by Gasteiger charge is 2.27. The second-order valence-corrected chi connectivity index (χ2v) is 7.18. The van der Waals surface area contributed by atoms with Gasteiger partial charge in [0.1, 0.15) is 0 Å². The zero-order valence-electron chi connectivity index (χ0n) is 7.44. The van der Waals surface area contributed by atoms with E-state index in [4.69, 9.17) is 0 Å². The topological polar surface area (TPSA) is 32.3 Å². The molecular formula is C7H19NOSi. The molecule has 0 aromatic carbocycles. The molecular weight excluding hydrogens is 142 g/mol. The number of hydrogen-bond acceptors (Lipinski definition) is 2. The first-order valence-electron chi connectivity index (χ1n) is 3.98. The van der Waals surface area contributed by atoms with Crippen LogP contribution in [0.15, 0.2) is 0 Å². The first-order chi connectivity index (χ1) is 4.52. The molecule has 0 aromatic heterocycles. The average molecular weight is 161 g/mol. The van der Waals surface area contributed by atoms with Crippen molar-refractivity contribution in [2.45, 2.75) is 39.0 Å². The summed E-state index contributed by atoms with van der Waals surface area (Å²) in [6, 6.07) is 0. The number of hydrogen-bond donors (Lipinski definition) is 2. The molecule has 0 aliphatic carbocycles. The maximum Gasteiger partial charge on any atom is 0.199 e. The van der Waals surface area contributed by atoms with Crippen LogP contribution in [0.5, 0.6) is 0 Å². The molecule has 0 rings (SSSR count).